The van der Waals surface area contributed by atoms with Crippen LogP contribution in [0.15, 0.2) is 12.4 Å². The fraction of sp³-hybridized carbons (Fsp3) is 0.714. The van der Waals surface area contributed by atoms with Gasteiger partial charge < -0.3 is 5.32 Å². The van der Waals surface area contributed by atoms with E-state index in [1.54, 1.807) is 0 Å². The lowest BCUT2D eigenvalue weighted by Gasteiger charge is -2.16. The molecule has 0 bridgehead atoms. The standard InChI is InChI=1S/C14H23N3S/c1-14(2,3)13-16-8-12(9-17-13)7-15-6-11-4-5-18-10-11/h8-9,11,15H,4-7,10H2,1-3H3. The van der Waals surface area contributed by atoms with Gasteiger partial charge in [0.2, 0.25) is 0 Å². The molecule has 0 aromatic carbocycles. The van der Waals surface area contributed by atoms with Crippen LogP contribution in [0.1, 0.15) is 38.6 Å². The van der Waals surface area contributed by atoms with Crippen molar-refractivity contribution in [2.45, 2.75) is 39.2 Å². The molecule has 18 heavy (non-hydrogen) atoms. The largest absolute Gasteiger partial charge is 0.312 e. The van der Waals surface area contributed by atoms with Gasteiger partial charge in [-0.05, 0) is 30.4 Å². The van der Waals surface area contributed by atoms with E-state index in [2.05, 4.69) is 47.8 Å². The van der Waals surface area contributed by atoms with Crippen molar-refractivity contribution < 1.29 is 0 Å². The molecule has 0 spiro atoms. The summed E-state index contributed by atoms with van der Waals surface area (Å²) in [7, 11) is 0. The van der Waals surface area contributed by atoms with Gasteiger partial charge in [0.05, 0.1) is 0 Å². The quantitative estimate of drug-likeness (QED) is 0.908. The van der Waals surface area contributed by atoms with E-state index in [4.69, 9.17) is 0 Å². The summed E-state index contributed by atoms with van der Waals surface area (Å²) >= 11 is 2.07. The van der Waals surface area contributed by atoms with Crippen LogP contribution in [0.3, 0.4) is 0 Å². The Morgan fingerprint density at radius 2 is 2.06 bits per heavy atom. The molecule has 1 aromatic heterocycles. The second kappa shape index (κ2) is 6.02. The van der Waals surface area contributed by atoms with E-state index in [1.165, 1.54) is 23.5 Å². The molecule has 1 aliphatic heterocycles. The van der Waals surface area contributed by atoms with Gasteiger partial charge in [-0.3, -0.25) is 0 Å². The van der Waals surface area contributed by atoms with Crippen molar-refractivity contribution in [2.24, 2.45) is 5.92 Å². The van der Waals surface area contributed by atoms with E-state index in [-0.39, 0.29) is 5.41 Å². The molecule has 1 saturated heterocycles. The highest BCUT2D eigenvalue weighted by atomic mass is 32.2. The highest BCUT2D eigenvalue weighted by molar-refractivity contribution is 7.99. The number of nitrogens with zero attached hydrogens (tertiary/aromatic N) is 2. The number of aromatic nitrogens is 2. The average Bonchev–Trinajstić information content (AvgIpc) is 2.82. The van der Waals surface area contributed by atoms with Crippen LogP contribution in [0.4, 0.5) is 0 Å². The second-order valence-electron chi connectivity index (χ2n) is 6.03. The average molecular weight is 265 g/mol. The molecule has 1 N–H and O–H groups in total. The lowest BCUT2D eigenvalue weighted by atomic mass is 9.96. The maximum atomic E-state index is 4.45. The molecule has 1 atom stereocenters. The van der Waals surface area contributed by atoms with Gasteiger partial charge in [-0.1, -0.05) is 20.8 Å². The van der Waals surface area contributed by atoms with E-state index in [9.17, 15) is 0 Å². The van der Waals surface area contributed by atoms with Crippen molar-refractivity contribution in [1.82, 2.24) is 15.3 Å². The van der Waals surface area contributed by atoms with Crippen molar-refractivity contribution in [3.05, 3.63) is 23.8 Å². The minimum atomic E-state index is 0.0348. The van der Waals surface area contributed by atoms with Gasteiger partial charge in [0.25, 0.3) is 0 Å². The molecule has 3 nitrogen and oxygen atoms in total. The van der Waals surface area contributed by atoms with Crippen molar-refractivity contribution in [3.8, 4) is 0 Å². The molecule has 2 rings (SSSR count). The zero-order valence-corrected chi connectivity index (χ0v) is 12.4. The monoisotopic (exact) mass is 265 g/mol. The molecular weight excluding hydrogens is 242 g/mol. The first-order valence-corrected chi connectivity index (χ1v) is 7.81. The lowest BCUT2D eigenvalue weighted by molar-refractivity contribution is 0.518. The molecule has 1 aromatic rings. The molecular formula is C14H23N3S. The highest BCUT2D eigenvalue weighted by Crippen LogP contribution is 2.22. The number of rotatable bonds is 4. The normalized spacial score (nSPS) is 20.3. The summed E-state index contributed by atoms with van der Waals surface area (Å²) in [4.78, 5) is 8.89. The summed E-state index contributed by atoms with van der Waals surface area (Å²) in [6, 6.07) is 0. The van der Waals surface area contributed by atoms with Crippen molar-refractivity contribution in [1.29, 1.82) is 0 Å². The van der Waals surface area contributed by atoms with Gasteiger partial charge >= 0.3 is 0 Å². The predicted molar refractivity (Wildman–Crippen MR) is 77.9 cm³/mol. The van der Waals surface area contributed by atoms with Gasteiger partial charge in [-0.15, -0.1) is 0 Å². The Labute approximate surface area is 114 Å². The first-order chi connectivity index (χ1) is 8.55. The third kappa shape index (κ3) is 3.95. The first kappa shape index (κ1) is 13.8. The van der Waals surface area contributed by atoms with Crippen LogP contribution >= 0.6 is 11.8 Å². The minimum absolute atomic E-state index is 0.0348. The first-order valence-electron chi connectivity index (χ1n) is 6.65. The molecule has 100 valence electrons. The molecule has 0 saturated carbocycles. The van der Waals surface area contributed by atoms with Crippen LogP contribution < -0.4 is 5.32 Å². The summed E-state index contributed by atoms with van der Waals surface area (Å²) < 4.78 is 0. The topological polar surface area (TPSA) is 37.8 Å². The van der Waals surface area contributed by atoms with Gasteiger partial charge in [0.15, 0.2) is 0 Å². The van der Waals surface area contributed by atoms with Crippen LogP contribution in [0.2, 0.25) is 0 Å². The van der Waals surface area contributed by atoms with Crippen molar-refractivity contribution in [3.63, 3.8) is 0 Å². The fourth-order valence-corrected chi connectivity index (χ4v) is 3.28. The number of hydrogen-bond donors (Lipinski definition) is 1. The van der Waals surface area contributed by atoms with Crippen LogP contribution in [0.5, 0.6) is 0 Å². The van der Waals surface area contributed by atoms with Gasteiger partial charge in [-0.25, -0.2) is 9.97 Å². The summed E-state index contributed by atoms with van der Waals surface area (Å²) in [6.45, 7) is 8.41. The molecule has 1 unspecified atom stereocenters. The summed E-state index contributed by atoms with van der Waals surface area (Å²) in [5, 5.41) is 3.51. The highest BCUT2D eigenvalue weighted by Gasteiger charge is 2.17. The van der Waals surface area contributed by atoms with E-state index in [0.717, 1.165) is 24.8 Å². The van der Waals surface area contributed by atoms with Crippen LogP contribution in [-0.4, -0.2) is 28.0 Å². The Kier molecular flexibility index (Phi) is 4.62. The predicted octanol–water partition coefficient (Wildman–Crippen LogP) is 2.62. The molecule has 4 heteroatoms. The summed E-state index contributed by atoms with van der Waals surface area (Å²) in [5.74, 6) is 4.41. The van der Waals surface area contributed by atoms with Crippen LogP contribution in [0.25, 0.3) is 0 Å². The summed E-state index contributed by atoms with van der Waals surface area (Å²) in [5.41, 5.74) is 1.21. The molecule has 1 aliphatic rings. The van der Waals surface area contributed by atoms with Crippen molar-refractivity contribution in [2.75, 3.05) is 18.1 Å². The van der Waals surface area contributed by atoms with E-state index in [0.29, 0.717) is 0 Å². The smallest absolute Gasteiger partial charge is 0.133 e. The molecule has 2 heterocycles. The van der Waals surface area contributed by atoms with Crippen LogP contribution in [-0.2, 0) is 12.0 Å². The molecule has 1 fully saturated rings. The van der Waals surface area contributed by atoms with Gasteiger partial charge in [0.1, 0.15) is 5.82 Å². The maximum Gasteiger partial charge on any atom is 0.133 e. The molecule has 0 radical (unpaired) electrons. The number of thioether (sulfide) groups is 1. The van der Waals surface area contributed by atoms with E-state index >= 15 is 0 Å². The maximum absolute atomic E-state index is 4.45. The number of nitrogens with one attached hydrogen (secondary N) is 1. The Morgan fingerprint density at radius 3 is 2.61 bits per heavy atom. The zero-order valence-electron chi connectivity index (χ0n) is 11.6. The lowest BCUT2D eigenvalue weighted by Crippen LogP contribution is -2.23. The van der Waals surface area contributed by atoms with Gasteiger partial charge in [0, 0.05) is 29.9 Å². The van der Waals surface area contributed by atoms with Gasteiger partial charge in [-0.2, -0.15) is 11.8 Å². The second-order valence-corrected chi connectivity index (χ2v) is 7.18. The van der Waals surface area contributed by atoms with E-state index < -0.39 is 0 Å². The SMILES string of the molecule is CC(C)(C)c1ncc(CNCC2CCSC2)cn1. The Balaban J connectivity index is 1.79. The summed E-state index contributed by atoms with van der Waals surface area (Å²) in [6.07, 6.45) is 5.26. The molecule has 0 aliphatic carbocycles. The third-order valence-corrected chi connectivity index (χ3v) is 4.39. The Bertz CT molecular complexity index is 364. The number of hydrogen-bond acceptors (Lipinski definition) is 4. The van der Waals surface area contributed by atoms with Crippen LogP contribution in [0, 0.1) is 5.92 Å². The van der Waals surface area contributed by atoms with E-state index in [1.807, 2.05) is 12.4 Å². The molecule has 0 amide bonds. The van der Waals surface area contributed by atoms with Crippen molar-refractivity contribution >= 4 is 11.8 Å². The minimum Gasteiger partial charge on any atom is -0.312 e. The zero-order chi connectivity index (χ0) is 13.0. The third-order valence-electron chi connectivity index (χ3n) is 3.16. The fourth-order valence-electron chi connectivity index (χ4n) is 2.00. The Hall–Kier alpha value is -0.610. The Morgan fingerprint density at radius 1 is 1.33 bits per heavy atom.